The predicted molar refractivity (Wildman–Crippen MR) is 84.4 cm³/mol. The van der Waals surface area contributed by atoms with Crippen LogP contribution in [0.4, 0.5) is 4.39 Å². The molecule has 0 N–H and O–H groups in total. The molecular weight excluding hydrogens is 321 g/mol. The van der Waals surface area contributed by atoms with E-state index >= 15 is 0 Å². The van der Waals surface area contributed by atoms with Crippen molar-refractivity contribution >= 4 is 10.0 Å². The van der Waals surface area contributed by atoms with Crippen LogP contribution >= 0.6 is 0 Å². The number of hydrogen-bond acceptors (Lipinski definition) is 4. The second kappa shape index (κ2) is 6.75. The Kier molecular flexibility index (Phi) is 4.89. The van der Waals surface area contributed by atoms with Crippen molar-refractivity contribution in [2.75, 3.05) is 38.7 Å². The van der Waals surface area contributed by atoms with Gasteiger partial charge in [0, 0.05) is 25.1 Å². The van der Waals surface area contributed by atoms with Gasteiger partial charge in [-0.1, -0.05) is 12.1 Å². The third-order valence-corrected chi connectivity index (χ3v) is 6.42. The first-order chi connectivity index (χ1) is 11.0. The van der Waals surface area contributed by atoms with E-state index in [1.807, 2.05) is 0 Å². The fourth-order valence-electron chi connectivity index (χ4n) is 3.32. The number of halogens is 1. The molecule has 2 saturated heterocycles. The van der Waals surface area contributed by atoms with Crippen molar-refractivity contribution in [2.45, 2.75) is 19.3 Å². The average molecular weight is 343 g/mol. The normalized spacial score (nSPS) is 25.8. The molecule has 23 heavy (non-hydrogen) atoms. The highest BCUT2D eigenvalue weighted by molar-refractivity contribution is 7.89. The first kappa shape index (κ1) is 16.7. The van der Waals surface area contributed by atoms with Gasteiger partial charge in [-0.25, -0.2) is 17.1 Å². The van der Waals surface area contributed by atoms with Gasteiger partial charge in [0.2, 0.25) is 10.0 Å². The van der Waals surface area contributed by atoms with Gasteiger partial charge in [-0.3, -0.25) is 0 Å². The van der Waals surface area contributed by atoms with Crippen LogP contribution in [0.5, 0.6) is 5.75 Å². The number of nitrogens with zero attached hydrogens (tertiary/aromatic N) is 1. The van der Waals surface area contributed by atoms with Crippen molar-refractivity contribution in [3.63, 3.8) is 0 Å². The molecule has 2 aliphatic rings. The maximum atomic E-state index is 13.5. The summed E-state index contributed by atoms with van der Waals surface area (Å²) in [5.41, 5.74) is -0.0162. The third kappa shape index (κ3) is 3.84. The van der Waals surface area contributed by atoms with E-state index in [9.17, 15) is 12.8 Å². The zero-order valence-electron chi connectivity index (χ0n) is 13.0. The maximum Gasteiger partial charge on any atom is 0.217 e. The van der Waals surface area contributed by atoms with Crippen LogP contribution in [0.1, 0.15) is 19.3 Å². The molecular formula is C16H22FNO4S. The number of benzene rings is 1. The van der Waals surface area contributed by atoms with Gasteiger partial charge in [0.15, 0.2) is 11.6 Å². The molecule has 2 aliphatic heterocycles. The zero-order chi connectivity index (χ0) is 16.3. The standard InChI is InChI=1S/C16H22FNO4S/c17-14-4-1-2-5-15(14)22-10-11-23(19,20)18-8-3-6-16(12-18)7-9-21-13-16/h1-2,4-5H,3,6-13H2. The average Bonchev–Trinajstić information content (AvgIpc) is 2.97. The Hall–Kier alpha value is -1.18. The van der Waals surface area contributed by atoms with Gasteiger partial charge in [-0.15, -0.1) is 0 Å². The van der Waals surface area contributed by atoms with E-state index in [0.717, 1.165) is 19.3 Å². The second-order valence-electron chi connectivity index (χ2n) is 6.33. The molecule has 0 radical (unpaired) electrons. The molecule has 0 aliphatic carbocycles. The molecule has 1 spiro atoms. The first-order valence-corrected chi connectivity index (χ1v) is 9.55. The largest absolute Gasteiger partial charge is 0.489 e. The van der Waals surface area contributed by atoms with E-state index in [2.05, 4.69) is 0 Å². The summed E-state index contributed by atoms with van der Waals surface area (Å²) in [6, 6.07) is 6.00. The van der Waals surface area contributed by atoms with Gasteiger partial charge < -0.3 is 9.47 Å². The van der Waals surface area contributed by atoms with Crippen LogP contribution in [-0.4, -0.2) is 51.4 Å². The highest BCUT2D eigenvalue weighted by Crippen LogP contribution is 2.38. The van der Waals surface area contributed by atoms with Crippen molar-refractivity contribution in [1.82, 2.24) is 4.31 Å². The SMILES string of the molecule is O=S(=O)(CCOc1ccccc1F)N1CCCC2(CCOC2)C1. The summed E-state index contributed by atoms with van der Waals surface area (Å²) >= 11 is 0. The van der Waals surface area contributed by atoms with Crippen LogP contribution in [0.2, 0.25) is 0 Å². The lowest BCUT2D eigenvalue weighted by atomic mass is 9.80. The molecule has 3 rings (SSSR count). The summed E-state index contributed by atoms with van der Waals surface area (Å²) in [4.78, 5) is 0. The molecule has 1 aromatic rings. The van der Waals surface area contributed by atoms with Crippen molar-refractivity contribution < 1.29 is 22.3 Å². The number of sulfonamides is 1. The fraction of sp³-hybridized carbons (Fsp3) is 0.625. The van der Waals surface area contributed by atoms with Crippen LogP contribution in [0, 0.1) is 11.2 Å². The Labute approximate surface area is 136 Å². The number of rotatable bonds is 5. The summed E-state index contributed by atoms with van der Waals surface area (Å²) in [5, 5.41) is 0. The van der Waals surface area contributed by atoms with Crippen LogP contribution in [-0.2, 0) is 14.8 Å². The molecule has 128 valence electrons. The van der Waals surface area contributed by atoms with Gasteiger partial charge in [0.25, 0.3) is 0 Å². The molecule has 1 aromatic carbocycles. The molecule has 7 heteroatoms. The number of ether oxygens (including phenoxy) is 2. The lowest BCUT2D eigenvalue weighted by molar-refractivity contribution is 0.105. The molecule has 0 aromatic heterocycles. The van der Waals surface area contributed by atoms with Crippen molar-refractivity contribution in [3.05, 3.63) is 30.1 Å². The summed E-state index contributed by atoms with van der Waals surface area (Å²) in [6.45, 7) is 2.37. The molecule has 0 bridgehead atoms. The van der Waals surface area contributed by atoms with Gasteiger partial charge in [-0.2, -0.15) is 0 Å². The molecule has 2 heterocycles. The number of para-hydroxylation sites is 1. The van der Waals surface area contributed by atoms with Crippen LogP contribution in [0.3, 0.4) is 0 Å². The van der Waals surface area contributed by atoms with E-state index < -0.39 is 15.8 Å². The molecule has 0 amide bonds. The Balaban J connectivity index is 1.57. The Bertz CT molecular complexity index is 643. The van der Waals surface area contributed by atoms with Crippen LogP contribution in [0.15, 0.2) is 24.3 Å². The summed E-state index contributed by atoms with van der Waals surface area (Å²) in [5.74, 6) is -0.537. The third-order valence-electron chi connectivity index (χ3n) is 4.64. The minimum Gasteiger partial charge on any atom is -0.489 e. The van der Waals surface area contributed by atoms with Crippen molar-refractivity contribution in [3.8, 4) is 5.75 Å². The summed E-state index contributed by atoms with van der Waals surface area (Å²) in [7, 11) is -3.40. The quantitative estimate of drug-likeness (QED) is 0.821. The minimum absolute atomic E-state index is 0.0162. The van der Waals surface area contributed by atoms with Crippen LogP contribution < -0.4 is 4.74 Å². The molecule has 1 atom stereocenters. The highest BCUT2D eigenvalue weighted by atomic mass is 32.2. The summed E-state index contributed by atoms with van der Waals surface area (Å²) < 4.78 is 50.8. The van der Waals surface area contributed by atoms with E-state index in [1.165, 1.54) is 12.1 Å². The molecule has 5 nitrogen and oxygen atoms in total. The lowest BCUT2D eigenvalue weighted by Gasteiger charge is -2.38. The number of hydrogen-bond donors (Lipinski definition) is 0. The van der Waals surface area contributed by atoms with Crippen LogP contribution in [0.25, 0.3) is 0 Å². The summed E-state index contributed by atoms with van der Waals surface area (Å²) in [6.07, 6.45) is 2.80. The predicted octanol–water partition coefficient (Wildman–Crippen LogP) is 2.04. The Morgan fingerprint density at radius 3 is 2.87 bits per heavy atom. The highest BCUT2D eigenvalue weighted by Gasteiger charge is 2.42. The lowest BCUT2D eigenvalue weighted by Crippen LogP contribution is -2.47. The molecule has 0 saturated carbocycles. The Morgan fingerprint density at radius 2 is 2.13 bits per heavy atom. The topological polar surface area (TPSA) is 55.8 Å². The van der Waals surface area contributed by atoms with Gasteiger partial charge >= 0.3 is 0 Å². The number of piperidine rings is 1. The van der Waals surface area contributed by atoms with E-state index in [4.69, 9.17) is 9.47 Å². The van der Waals surface area contributed by atoms with Gasteiger partial charge in [0.1, 0.15) is 6.61 Å². The monoisotopic (exact) mass is 343 g/mol. The second-order valence-corrected chi connectivity index (χ2v) is 8.42. The fourth-order valence-corrected chi connectivity index (χ4v) is 4.75. The smallest absolute Gasteiger partial charge is 0.217 e. The van der Waals surface area contributed by atoms with Crippen molar-refractivity contribution in [2.24, 2.45) is 5.41 Å². The molecule has 1 unspecified atom stereocenters. The van der Waals surface area contributed by atoms with E-state index in [-0.39, 0.29) is 23.5 Å². The van der Waals surface area contributed by atoms with Gasteiger partial charge in [0.05, 0.1) is 12.4 Å². The molecule has 2 fully saturated rings. The van der Waals surface area contributed by atoms with E-state index in [0.29, 0.717) is 26.3 Å². The van der Waals surface area contributed by atoms with Gasteiger partial charge in [-0.05, 0) is 31.4 Å². The Morgan fingerprint density at radius 1 is 1.30 bits per heavy atom. The first-order valence-electron chi connectivity index (χ1n) is 7.94. The zero-order valence-corrected chi connectivity index (χ0v) is 13.9. The van der Waals surface area contributed by atoms with E-state index in [1.54, 1.807) is 16.4 Å². The minimum atomic E-state index is -3.40. The van der Waals surface area contributed by atoms with Crippen molar-refractivity contribution in [1.29, 1.82) is 0 Å². The maximum absolute atomic E-state index is 13.5.